The highest BCUT2D eigenvalue weighted by atomic mass is 32.2. The Bertz CT molecular complexity index is 879. The number of piperazine rings is 1. The van der Waals surface area contributed by atoms with E-state index >= 15 is 0 Å². The average Bonchev–Trinajstić information content (AvgIpc) is 2.88. The van der Waals surface area contributed by atoms with Crippen molar-refractivity contribution < 1.29 is 14.6 Å². The lowest BCUT2D eigenvalue weighted by atomic mass is 10.1. The molecule has 0 amide bonds. The molecule has 7 heteroatoms. The van der Waals surface area contributed by atoms with Crippen molar-refractivity contribution in [2.75, 3.05) is 45.9 Å². The molecule has 146 valence electrons. The zero-order chi connectivity index (χ0) is 19.3. The van der Waals surface area contributed by atoms with Gasteiger partial charge in [-0.05, 0) is 18.2 Å². The first-order chi connectivity index (χ1) is 13.7. The van der Waals surface area contributed by atoms with Gasteiger partial charge in [-0.3, -0.25) is 4.90 Å². The summed E-state index contributed by atoms with van der Waals surface area (Å²) in [6.07, 6.45) is 0. The smallest absolute Gasteiger partial charge is 0.329 e. The highest BCUT2D eigenvalue weighted by Crippen LogP contribution is 2.40. The minimum atomic E-state index is -0.923. The number of hydrogen-bond donors (Lipinski definition) is 1. The molecule has 6 nitrogen and oxygen atoms in total. The van der Waals surface area contributed by atoms with E-state index in [1.165, 1.54) is 15.4 Å². The summed E-state index contributed by atoms with van der Waals surface area (Å²) < 4.78 is 5.16. The topological polar surface area (TPSA) is 65.4 Å². The number of fused-ring (bicyclic) bond motifs is 2. The van der Waals surface area contributed by atoms with Crippen LogP contribution in [0.2, 0.25) is 0 Å². The van der Waals surface area contributed by atoms with E-state index in [9.17, 15) is 4.79 Å². The molecular formula is C21H23N3O3S. The van der Waals surface area contributed by atoms with Crippen LogP contribution in [0.25, 0.3) is 0 Å². The van der Waals surface area contributed by atoms with Gasteiger partial charge in [0.05, 0.1) is 12.3 Å². The van der Waals surface area contributed by atoms with E-state index in [1.54, 1.807) is 11.8 Å². The number of aliphatic imine (C=N–C) groups is 1. The Kier molecular flexibility index (Phi) is 5.95. The van der Waals surface area contributed by atoms with E-state index in [-0.39, 0.29) is 6.61 Å². The van der Waals surface area contributed by atoms with Crippen molar-refractivity contribution in [1.82, 2.24) is 9.80 Å². The minimum Gasteiger partial charge on any atom is -0.480 e. The van der Waals surface area contributed by atoms with Crippen molar-refractivity contribution in [3.63, 3.8) is 0 Å². The molecule has 2 aromatic carbocycles. The van der Waals surface area contributed by atoms with Crippen LogP contribution >= 0.6 is 11.8 Å². The first-order valence-electron chi connectivity index (χ1n) is 9.42. The van der Waals surface area contributed by atoms with E-state index in [0.29, 0.717) is 6.61 Å². The molecule has 28 heavy (non-hydrogen) atoms. The molecule has 0 bridgehead atoms. The largest absolute Gasteiger partial charge is 0.480 e. The Hall–Kier alpha value is -2.35. The lowest BCUT2D eigenvalue weighted by Gasteiger charge is -2.36. The molecule has 2 heterocycles. The van der Waals surface area contributed by atoms with Crippen molar-refractivity contribution >= 4 is 29.3 Å². The molecular weight excluding hydrogens is 374 g/mol. The van der Waals surface area contributed by atoms with Crippen molar-refractivity contribution in [3.8, 4) is 0 Å². The average molecular weight is 398 g/mol. The lowest BCUT2D eigenvalue weighted by Crippen LogP contribution is -2.49. The van der Waals surface area contributed by atoms with Gasteiger partial charge in [-0.1, -0.05) is 42.1 Å². The Labute approximate surface area is 168 Å². The van der Waals surface area contributed by atoms with Crippen LogP contribution in [0, 0.1) is 0 Å². The second-order valence-corrected chi connectivity index (χ2v) is 7.86. The number of benzene rings is 2. The van der Waals surface area contributed by atoms with E-state index in [4.69, 9.17) is 14.8 Å². The van der Waals surface area contributed by atoms with Crippen molar-refractivity contribution in [2.45, 2.75) is 9.79 Å². The van der Waals surface area contributed by atoms with Gasteiger partial charge in [0, 0.05) is 48.1 Å². The summed E-state index contributed by atoms with van der Waals surface area (Å²) in [5.74, 6) is 0.114. The molecule has 4 rings (SSSR count). The number of hydrogen-bond acceptors (Lipinski definition) is 6. The number of nitrogens with zero attached hydrogens (tertiary/aromatic N) is 3. The molecule has 0 saturated carbocycles. The first kappa shape index (κ1) is 19.0. The van der Waals surface area contributed by atoms with E-state index < -0.39 is 5.97 Å². The number of carbonyl (C=O) groups is 1. The number of amidine groups is 1. The summed E-state index contributed by atoms with van der Waals surface area (Å²) in [6, 6.07) is 16.7. The van der Waals surface area contributed by atoms with Crippen LogP contribution in [0.3, 0.4) is 0 Å². The van der Waals surface area contributed by atoms with Crippen molar-refractivity contribution in [1.29, 1.82) is 0 Å². The molecule has 0 atom stereocenters. The molecule has 0 aromatic heterocycles. The standard InChI is InChI=1S/C21H23N3O3S/c25-20(26)15-27-14-13-23-9-11-24(12-10-23)21-16-5-1-3-7-18(16)28-19-8-4-2-6-17(19)22-21/h1-8H,9-15H2,(H,25,26). The molecule has 1 N–H and O–H groups in total. The van der Waals surface area contributed by atoms with E-state index in [1.807, 2.05) is 6.07 Å². The van der Waals surface area contributed by atoms with Crippen molar-refractivity contribution in [3.05, 3.63) is 54.1 Å². The molecule has 2 aliphatic heterocycles. The Morgan fingerprint density at radius 2 is 1.75 bits per heavy atom. The molecule has 0 aliphatic carbocycles. The maximum Gasteiger partial charge on any atom is 0.329 e. The van der Waals surface area contributed by atoms with Gasteiger partial charge in [-0.25, -0.2) is 9.79 Å². The summed E-state index contributed by atoms with van der Waals surface area (Å²) in [7, 11) is 0. The second kappa shape index (κ2) is 8.77. The third-order valence-corrected chi connectivity index (χ3v) is 6.03. The molecule has 1 saturated heterocycles. The zero-order valence-electron chi connectivity index (χ0n) is 15.6. The third-order valence-electron chi connectivity index (χ3n) is 4.89. The first-order valence-corrected chi connectivity index (χ1v) is 10.2. The van der Waals surface area contributed by atoms with Crippen LogP contribution in [0.5, 0.6) is 0 Å². The lowest BCUT2D eigenvalue weighted by molar-refractivity contribution is -0.142. The number of ether oxygens (including phenoxy) is 1. The van der Waals surface area contributed by atoms with Gasteiger partial charge in [-0.15, -0.1) is 0 Å². The number of carboxylic acids is 1. The van der Waals surface area contributed by atoms with Gasteiger partial charge in [0.2, 0.25) is 0 Å². The molecule has 0 spiro atoms. The number of carboxylic acid groups (broad SMARTS) is 1. The van der Waals surface area contributed by atoms with Gasteiger partial charge >= 0.3 is 5.97 Å². The summed E-state index contributed by atoms with van der Waals surface area (Å²) in [4.78, 5) is 22.6. The Morgan fingerprint density at radius 1 is 1.04 bits per heavy atom. The van der Waals surface area contributed by atoms with Gasteiger partial charge in [0.15, 0.2) is 0 Å². The molecule has 0 radical (unpaired) electrons. The molecule has 2 aliphatic rings. The Balaban J connectivity index is 1.47. The molecule has 1 fully saturated rings. The molecule has 2 aromatic rings. The van der Waals surface area contributed by atoms with Crippen LogP contribution in [-0.4, -0.2) is 72.6 Å². The fourth-order valence-electron chi connectivity index (χ4n) is 3.45. The van der Waals surface area contributed by atoms with Gasteiger partial charge in [0.25, 0.3) is 0 Å². The number of rotatable bonds is 5. The summed E-state index contributed by atoms with van der Waals surface area (Å²) in [5, 5.41) is 8.64. The predicted octanol–water partition coefficient (Wildman–Crippen LogP) is 2.95. The highest BCUT2D eigenvalue weighted by Gasteiger charge is 2.25. The van der Waals surface area contributed by atoms with Crippen LogP contribution in [0.1, 0.15) is 5.56 Å². The zero-order valence-corrected chi connectivity index (χ0v) is 16.4. The maximum absolute atomic E-state index is 10.5. The van der Waals surface area contributed by atoms with Gasteiger partial charge in [0.1, 0.15) is 12.4 Å². The fraction of sp³-hybridized carbons (Fsp3) is 0.333. The minimum absolute atomic E-state index is 0.232. The van der Waals surface area contributed by atoms with Crippen LogP contribution in [-0.2, 0) is 9.53 Å². The summed E-state index contributed by atoms with van der Waals surface area (Å²) in [6.45, 7) is 4.56. The number of aliphatic carboxylic acids is 1. The SMILES string of the molecule is O=C(O)COCCN1CCN(C2=Nc3ccccc3Sc3ccccc32)CC1. The summed E-state index contributed by atoms with van der Waals surface area (Å²) >= 11 is 1.77. The van der Waals surface area contributed by atoms with Crippen LogP contribution < -0.4 is 0 Å². The van der Waals surface area contributed by atoms with E-state index in [2.05, 4.69) is 52.3 Å². The summed E-state index contributed by atoms with van der Waals surface area (Å²) in [5.41, 5.74) is 2.20. The monoisotopic (exact) mass is 397 g/mol. The highest BCUT2D eigenvalue weighted by molar-refractivity contribution is 7.99. The maximum atomic E-state index is 10.5. The van der Waals surface area contributed by atoms with Crippen LogP contribution in [0.15, 0.2) is 63.3 Å². The van der Waals surface area contributed by atoms with Gasteiger partial charge in [-0.2, -0.15) is 0 Å². The fourth-order valence-corrected chi connectivity index (χ4v) is 4.46. The Morgan fingerprint density at radius 3 is 2.54 bits per heavy atom. The predicted molar refractivity (Wildman–Crippen MR) is 110 cm³/mol. The quantitative estimate of drug-likeness (QED) is 0.783. The van der Waals surface area contributed by atoms with Gasteiger partial charge < -0.3 is 14.7 Å². The molecule has 0 unspecified atom stereocenters. The van der Waals surface area contributed by atoms with Crippen molar-refractivity contribution in [2.24, 2.45) is 4.99 Å². The normalized spacial score (nSPS) is 16.7. The van der Waals surface area contributed by atoms with E-state index in [0.717, 1.165) is 44.2 Å². The van der Waals surface area contributed by atoms with Crippen LogP contribution in [0.4, 0.5) is 5.69 Å². The second-order valence-electron chi connectivity index (χ2n) is 6.78. The third kappa shape index (κ3) is 4.38. The number of para-hydroxylation sites is 1.